The molecule has 0 rings (SSSR count). The second-order valence-corrected chi connectivity index (χ2v) is 30.0. The maximum absolute atomic E-state index is 14.3. The third-order valence-corrected chi connectivity index (χ3v) is 20.4. The van der Waals surface area contributed by atoms with Crippen molar-refractivity contribution in [1.82, 2.24) is 9.80 Å². The molecule has 0 aromatic rings. The first-order chi connectivity index (χ1) is 47.7. The van der Waals surface area contributed by atoms with Crippen LogP contribution in [0.2, 0.25) is 0 Å². The average Bonchev–Trinajstić information content (AvgIpc) is 2.08. The molecule has 0 aliphatic heterocycles. The van der Waals surface area contributed by atoms with E-state index in [1.54, 1.807) is 0 Å². The summed E-state index contributed by atoms with van der Waals surface area (Å²) in [5.41, 5.74) is 0. The number of allylic oxidation sites excluding steroid dienone is 8. The number of carbonyl (C=O) groups is 3. The molecule has 0 spiro atoms. The predicted molar refractivity (Wildman–Crippen MR) is 425 cm³/mol. The van der Waals surface area contributed by atoms with Crippen LogP contribution in [0.3, 0.4) is 0 Å². The Kier molecular flexibility index (Phi) is 75.3. The fourth-order valence-electron chi connectivity index (χ4n) is 13.7. The Bertz CT molecular complexity index is 1650. The first-order valence-electron chi connectivity index (χ1n) is 43.2. The molecule has 0 aliphatic rings. The topological polar surface area (TPSA) is 85.4 Å². The highest BCUT2D eigenvalue weighted by Crippen LogP contribution is 2.25. The Labute approximate surface area is 605 Å². The van der Waals surface area contributed by atoms with Crippen molar-refractivity contribution in [1.29, 1.82) is 0 Å². The molecule has 570 valence electrons. The summed E-state index contributed by atoms with van der Waals surface area (Å²) in [6, 6.07) is -0.232. The summed E-state index contributed by atoms with van der Waals surface area (Å²) in [7, 11) is 4.12. The molecule has 0 aromatic carbocycles. The van der Waals surface area contributed by atoms with Crippen LogP contribution in [-0.2, 0) is 28.6 Å². The molecular weight excluding hydrogens is 1190 g/mol. The summed E-state index contributed by atoms with van der Waals surface area (Å²) in [5, 5.41) is 0. The zero-order valence-corrected chi connectivity index (χ0v) is 66.4. The fraction of sp³-hybridized carbons (Fsp3) is 0.876. The van der Waals surface area contributed by atoms with Crippen molar-refractivity contribution >= 4 is 17.9 Å². The molecule has 0 aromatic heterocycles. The van der Waals surface area contributed by atoms with Crippen molar-refractivity contribution in [2.75, 3.05) is 46.9 Å². The van der Waals surface area contributed by atoms with E-state index in [9.17, 15) is 14.4 Å². The van der Waals surface area contributed by atoms with E-state index in [2.05, 4.69) is 114 Å². The number of esters is 3. The van der Waals surface area contributed by atoms with E-state index in [0.29, 0.717) is 13.2 Å². The number of hydrogen-bond donors (Lipinski definition) is 0. The first kappa shape index (κ1) is 94.3. The monoisotopic (exact) mass is 1360 g/mol. The Morgan fingerprint density at radius 1 is 0.278 bits per heavy atom. The Balaban J connectivity index is 5.65. The van der Waals surface area contributed by atoms with Gasteiger partial charge in [0, 0.05) is 0 Å². The molecule has 0 heterocycles. The maximum Gasteiger partial charge on any atom is 0.323 e. The summed E-state index contributed by atoms with van der Waals surface area (Å²) in [4.78, 5) is 45.8. The number of hydrogen-bond acceptors (Lipinski definition) is 8. The third kappa shape index (κ3) is 66.3. The number of rotatable bonds is 78. The summed E-state index contributed by atoms with van der Waals surface area (Å²) in [6.45, 7) is 17.8. The van der Waals surface area contributed by atoms with Crippen LogP contribution in [0, 0.1) is 11.8 Å². The molecule has 0 aliphatic carbocycles. The van der Waals surface area contributed by atoms with Gasteiger partial charge in [-0.3, -0.25) is 19.3 Å². The fourth-order valence-corrected chi connectivity index (χ4v) is 13.7. The molecule has 97 heavy (non-hydrogen) atoms. The van der Waals surface area contributed by atoms with Crippen molar-refractivity contribution in [3.8, 4) is 0 Å². The van der Waals surface area contributed by atoms with Crippen LogP contribution in [0.1, 0.15) is 433 Å². The minimum atomic E-state index is -0.232. The van der Waals surface area contributed by atoms with Gasteiger partial charge in [0.05, 0.1) is 25.0 Å². The highest BCUT2D eigenvalue weighted by molar-refractivity contribution is 5.76. The molecule has 0 N–H and O–H groups in total. The second-order valence-electron chi connectivity index (χ2n) is 30.0. The van der Waals surface area contributed by atoms with Crippen LogP contribution < -0.4 is 0 Å². The lowest BCUT2D eigenvalue weighted by atomic mass is 9.94. The minimum Gasteiger partial charge on any atom is -0.465 e. The second kappa shape index (κ2) is 77.4. The largest absolute Gasteiger partial charge is 0.465 e. The van der Waals surface area contributed by atoms with Gasteiger partial charge in [0.2, 0.25) is 0 Å². The molecule has 0 bridgehead atoms. The van der Waals surface area contributed by atoms with E-state index in [1.807, 2.05) is 0 Å². The number of ether oxygens (including phenoxy) is 3. The lowest BCUT2D eigenvalue weighted by Crippen LogP contribution is -2.39. The summed E-state index contributed by atoms with van der Waals surface area (Å²) >= 11 is 0. The number of unbranched alkanes of at least 4 members (excludes halogenated alkanes) is 41. The molecule has 0 fully saturated rings. The van der Waals surface area contributed by atoms with E-state index in [-0.39, 0.29) is 41.9 Å². The van der Waals surface area contributed by atoms with Gasteiger partial charge in [0.1, 0.15) is 12.1 Å². The van der Waals surface area contributed by atoms with Gasteiger partial charge < -0.3 is 19.1 Å². The molecule has 8 heteroatoms. The van der Waals surface area contributed by atoms with Gasteiger partial charge in [-0.1, -0.05) is 328 Å². The zero-order valence-electron chi connectivity index (χ0n) is 66.4. The number of carbonyl (C=O) groups excluding carboxylic acids is 3. The van der Waals surface area contributed by atoms with Gasteiger partial charge in [0.25, 0.3) is 0 Å². The smallest absolute Gasteiger partial charge is 0.323 e. The van der Waals surface area contributed by atoms with Crippen LogP contribution in [-0.4, -0.2) is 86.8 Å². The molecule has 8 nitrogen and oxygen atoms in total. The number of likely N-dealkylation sites (N-methyl/N-ethyl adjacent to an activating group) is 1. The van der Waals surface area contributed by atoms with Gasteiger partial charge in [-0.25, -0.2) is 0 Å². The van der Waals surface area contributed by atoms with Gasteiger partial charge in [-0.05, 0) is 188 Å². The predicted octanol–water partition coefficient (Wildman–Crippen LogP) is 27.6. The average molecular weight is 1360 g/mol. The van der Waals surface area contributed by atoms with Crippen LogP contribution in [0.25, 0.3) is 0 Å². The Hall–Kier alpha value is -2.71. The van der Waals surface area contributed by atoms with Crippen LogP contribution in [0.5, 0.6) is 0 Å². The summed E-state index contributed by atoms with van der Waals surface area (Å²) in [5.74, 6) is 0.200. The molecular formula is C89H168N2O6. The van der Waals surface area contributed by atoms with E-state index in [0.717, 1.165) is 180 Å². The van der Waals surface area contributed by atoms with E-state index in [4.69, 9.17) is 14.2 Å². The zero-order chi connectivity index (χ0) is 70.6. The minimum absolute atomic E-state index is 0.000453. The molecule has 0 amide bonds. The van der Waals surface area contributed by atoms with E-state index < -0.39 is 0 Å². The van der Waals surface area contributed by atoms with E-state index in [1.165, 1.54) is 231 Å². The third-order valence-electron chi connectivity index (χ3n) is 20.4. The van der Waals surface area contributed by atoms with Crippen LogP contribution in [0.4, 0.5) is 0 Å². The molecule has 0 saturated carbocycles. The molecule has 3 unspecified atom stereocenters. The van der Waals surface area contributed by atoms with Crippen LogP contribution >= 0.6 is 0 Å². The van der Waals surface area contributed by atoms with Gasteiger partial charge in [-0.2, -0.15) is 0 Å². The normalized spacial score (nSPS) is 13.1. The lowest BCUT2D eigenvalue weighted by molar-refractivity contribution is -0.156. The molecule has 0 saturated heterocycles. The summed E-state index contributed by atoms with van der Waals surface area (Å²) < 4.78 is 18.6. The van der Waals surface area contributed by atoms with Crippen molar-refractivity contribution in [2.45, 2.75) is 445 Å². The molecule has 3 atom stereocenters. The van der Waals surface area contributed by atoms with Crippen molar-refractivity contribution in [3.05, 3.63) is 48.6 Å². The van der Waals surface area contributed by atoms with Gasteiger partial charge in [-0.15, -0.1) is 0 Å². The van der Waals surface area contributed by atoms with Crippen molar-refractivity contribution in [2.24, 2.45) is 11.8 Å². The quantitative estimate of drug-likeness (QED) is 0.0258. The highest BCUT2D eigenvalue weighted by Gasteiger charge is 2.26. The summed E-state index contributed by atoms with van der Waals surface area (Å²) in [6.07, 6.45) is 90.5. The van der Waals surface area contributed by atoms with Gasteiger partial charge in [0.15, 0.2) is 0 Å². The standard InChI is InChI=1S/C89H168N2O6/c1-9-15-21-27-31-33-35-37-39-41-43-45-47-49-53-63-75-85(76-64-54-50-48-46-44-42-40-38-36-34-32-28-22-16-10-2)97-89(94)86(90(7)8)77-65-68-80-91(78-66-55-57-69-81-95-87(92)83(71-59-25-19-13-5)73-61-51-29-23-17-11-3)79-67-56-58-70-82-96-88(93)84(72-60-26-20-14-6)74-62-52-30-24-18-12-4/h31-34,37-40,83-86H,9-30,35-36,41-82H2,1-8H3/b33-31+,34-32+,39-37+,40-38+. The first-order valence-corrected chi connectivity index (χ1v) is 43.2. The van der Waals surface area contributed by atoms with Crippen molar-refractivity contribution < 1.29 is 28.6 Å². The molecule has 0 radical (unpaired) electrons. The highest BCUT2D eigenvalue weighted by atomic mass is 16.5. The van der Waals surface area contributed by atoms with Crippen LogP contribution in [0.15, 0.2) is 48.6 Å². The lowest BCUT2D eigenvalue weighted by Gasteiger charge is -2.27. The maximum atomic E-state index is 14.3. The SMILES string of the molecule is CCCCC/C=C/C/C=C/CCCCCCCCC(CCCCCCCC/C=C/C/C=C/CCCCC)OC(=O)C(CCCCN(CCCCCCOC(=O)C(CCCCCC)CCCCCCCC)CCCCCCOC(=O)C(CCCCCC)CCCCCCCC)N(C)C. The number of nitrogens with zero attached hydrogens (tertiary/aromatic N) is 2. The Morgan fingerprint density at radius 3 is 0.887 bits per heavy atom. The van der Waals surface area contributed by atoms with Crippen molar-refractivity contribution in [3.63, 3.8) is 0 Å². The van der Waals surface area contributed by atoms with E-state index >= 15 is 0 Å². The Morgan fingerprint density at radius 2 is 0.536 bits per heavy atom. The van der Waals surface area contributed by atoms with Gasteiger partial charge >= 0.3 is 17.9 Å².